The summed E-state index contributed by atoms with van der Waals surface area (Å²) in [6.07, 6.45) is 3.71. The number of fused-ring (bicyclic) bond motifs is 6. The lowest BCUT2D eigenvalue weighted by molar-refractivity contribution is 1.12. The molecule has 0 saturated carbocycles. The predicted molar refractivity (Wildman–Crippen MR) is 209 cm³/mol. The number of hydrogen-bond acceptors (Lipinski definition) is 2. The van der Waals surface area contributed by atoms with Gasteiger partial charge in [0, 0.05) is 23.8 Å². The molecule has 48 heavy (non-hydrogen) atoms. The van der Waals surface area contributed by atoms with Gasteiger partial charge in [0.1, 0.15) is 0 Å². The Morgan fingerprint density at radius 1 is 0.333 bits per heavy atom. The third-order valence-electron chi connectivity index (χ3n) is 8.41. The second kappa shape index (κ2) is 15.5. The van der Waals surface area contributed by atoms with Crippen LogP contribution in [0.1, 0.15) is 44.8 Å². The Kier molecular flexibility index (Phi) is 11.0. The largest absolute Gasteiger partial charge is 0.264 e. The fourth-order valence-electron chi connectivity index (χ4n) is 6.10. The molecule has 0 aliphatic carbocycles. The molecule has 0 unspecified atom stereocenters. The highest BCUT2D eigenvalue weighted by atomic mass is 14.7. The molecule has 2 aromatic heterocycles. The first-order valence-electron chi connectivity index (χ1n) is 16.6. The van der Waals surface area contributed by atoms with Gasteiger partial charge in [-0.05, 0) is 127 Å². The van der Waals surface area contributed by atoms with Gasteiger partial charge in [0.15, 0.2) is 0 Å². The first-order chi connectivity index (χ1) is 23.1. The fourth-order valence-corrected chi connectivity index (χ4v) is 6.10. The van der Waals surface area contributed by atoms with Crippen LogP contribution in [0.5, 0.6) is 0 Å². The molecule has 0 amide bonds. The summed E-state index contributed by atoms with van der Waals surface area (Å²) in [5, 5.41) is 10.8. The quantitative estimate of drug-likeness (QED) is 0.157. The maximum absolute atomic E-state index is 4.17. The second-order valence-electron chi connectivity index (χ2n) is 12.9. The van der Waals surface area contributed by atoms with Crippen LogP contribution >= 0.6 is 0 Å². The summed E-state index contributed by atoms with van der Waals surface area (Å²) >= 11 is 0. The van der Waals surface area contributed by atoms with Crippen molar-refractivity contribution in [2.24, 2.45) is 0 Å². The summed E-state index contributed by atoms with van der Waals surface area (Å²) < 4.78 is 0. The normalized spacial score (nSPS) is 10.5. The van der Waals surface area contributed by atoms with Crippen LogP contribution in [0.4, 0.5) is 0 Å². The zero-order valence-corrected chi connectivity index (χ0v) is 29.6. The third-order valence-corrected chi connectivity index (χ3v) is 8.41. The summed E-state index contributed by atoms with van der Waals surface area (Å²) in [6, 6.07) is 43.4. The molecule has 0 spiro atoms. The summed E-state index contributed by atoms with van der Waals surface area (Å²) in [7, 11) is 0. The van der Waals surface area contributed by atoms with E-state index in [1.807, 2.05) is 58.3 Å². The molecule has 8 rings (SSSR count). The minimum atomic E-state index is 1.09. The highest BCUT2D eigenvalue weighted by Crippen LogP contribution is 2.29. The molecule has 0 bridgehead atoms. The second-order valence-corrected chi connectivity index (χ2v) is 12.9. The molecular weight excluding hydrogens is 581 g/mol. The zero-order valence-electron chi connectivity index (χ0n) is 29.6. The van der Waals surface area contributed by atoms with Crippen LogP contribution < -0.4 is 0 Å². The van der Waals surface area contributed by atoms with E-state index < -0.39 is 0 Å². The number of aryl methyl sites for hydroxylation is 8. The number of benzene rings is 6. The van der Waals surface area contributed by atoms with Crippen molar-refractivity contribution < 1.29 is 0 Å². The van der Waals surface area contributed by atoms with Crippen molar-refractivity contribution >= 4 is 43.1 Å². The van der Waals surface area contributed by atoms with Gasteiger partial charge in [0.05, 0.1) is 0 Å². The van der Waals surface area contributed by atoms with Crippen molar-refractivity contribution in [1.29, 1.82) is 0 Å². The SMILES string of the molecule is Cc1ccc2c(ccc3cc(C)ccc32)c1.Cc1ccc2cc(C)c3ccccc3c2c1.Cc1cccc(C)n1.Cc1cncc(C)c1. The molecule has 0 radical (unpaired) electrons. The smallest absolute Gasteiger partial charge is 0.0375 e. The minimum Gasteiger partial charge on any atom is -0.264 e. The van der Waals surface area contributed by atoms with E-state index in [9.17, 15) is 0 Å². The molecular formula is C46H46N2. The van der Waals surface area contributed by atoms with E-state index >= 15 is 0 Å². The van der Waals surface area contributed by atoms with Gasteiger partial charge in [-0.25, -0.2) is 0 Å². The van der Waals surface area contributed by atoms with Crippen LogP contribution in [0, 0.1) is 55.4 Å². The van der Waals surface area contributed by atoms with Gasteiger partial charge in [-0.2, -0.15) is 0 Å². The Hall–Kier alpha value is -5.34. The van der Waals surface area contributed by atoms with Crippen molar-refractivity contribution in [3.8, 4) is 0 Å². The molecule has 0 N–H and O–H groups in total. The van der Waals surface area contributed by atoms with Crippen molar-refractivity contribution in [2.75, 3.05) is 0 Å². The summed E-state index contributed by atoms with van der Waals surface area (Å²) in [6.45, 7) is 16.7. The van der Waals surface area contributed by atoms with E-state index in [1.54, 1.807) is 0 Å². The Bertz CT molecular complexity index is 2190. The Morgan fingerprint density at radius 2 is 0.812 bits per heavy atom. The molecule has 0 atom stereocenters. The van der Waals surface area contributed by atoms with Crippen LogP contribution in [-0.4, -0.2) is 9.97 Å². The van der Waals surface area contributed by atoms with Gasteiger partial charge in [0.2, 0.25) is 0 Å². The molecule has 2 heteroatoms. The van der Waals surface area contributed by atoms with Crippen molar-refractivity contribution in [3.05, 3.63) is 178 Å². The number of rotatable bonds is 0. The van der Waals surface area contributed by atoms with Crippen LogP contribution in [0.15, 0.2) is 134 Å². The molecule has 0 saturated heterocycles. The molecule has 0 aliphatic heterocycles. The van der Waals surface area contributed by atoms with Gasteiger partial charge in [-0.1, -0.05) is 126 Å². The zero-order chi connectivity index (χ0) is 34.2. The number of hydrogen-bond donors (Lipinski definition) is 0. The standard InChI is InChI=1S/2C16H14.2C7H9N/c1-11-3-7-15-13(9-11)5-6-14-10-12(2)4-8-16(14)15;1-11-7-8-13-10-12(2)14-5-3-4-6-15(14)16(13)9-11;1-6-3-7(2)5-8-4-6;1-6-4-3-5-7(2)8-6/h2*3-10H,1-2H3;2*3-5H,1-2H3. The van der Waals surface area contributed by atoms with Crippen LogP contribution in [0.25, 0.3) is 43.1 Å². The van der Waals surface area contributed by atoms with E-state index in [0.29, 0.717) is 0 Å². The highest BCUT2D eigenvalue weighted by molar-refractivity contribution is 6.09. The molecule has 2 nitrogen and oxygen atoms in total. The monoisotopic (exact) mass is 626 g/mol. The average Bonchev–Trinajstić information content (AvgIpc) is 3.06. The summed E-state index contributed by atoms with van der Waals surface area (Å²) in [5.74, 6) is 0. The van der Waals surface area contributed by atoms with E-state index in [1.165, 1.54) is 76.5 Å². The predicted octanol–water partition coefficient (Wildman–Crippen LogP) is 12.6. The maximum Gasteiger partial charge on any atom is 0.0375 e. The Labute approximate surface area is 286 Å². The Balaban J connectivity index is 0.000000132. The number of nitrogens with zero attached hydrogens (tertiary/aromatic N) is 2. The van der Waals surface area contributed by atoms with Gasteiger partial charge in [-0.3, -0.25) is 9.97 Å². The van der Waals surface area contributed by atoms with Crippen LogP contribution in [0.2, 0.25) is 0 Å². The molecule has 8 aromatic rings. The fraction of sp³-hybridized carbons (Fsp3) is 0.174. The van der Waals surface area contributed by atoms with Crippen molar-refractivity contribution in [2.45, 2.75) is 55.4 Å². The lowest BCUT2D eigenvalue weighted by atomic mass is 9.97. The first kappa shape index (κ1) is 34.0. The third kappa shape index (κ3) is 8.72. The Morgan fingerprint density at radius 3 is 1.31 bits per heavy atom. The van der Waals surface area contributed by atoms with Gasteiger partial charge >= 0.3 is 0 Å². The highest BCUT2D eigenvalue weighted by Gasteiger charge is 2.03. The number of aromatic nitrogens is 2. The maximum atomic E-state index is 4.17. The van der Waals surface area contributed by atoms with Crippen LogP contribution in [0.3, 0.4) is 0 Å². The summed E-state index contributed by atoms with van der Waals surface area (Å²) in [4.78, 5) is 8.16. The first-order valence-corrected chi connectivity index (χ1v) is 16.6. The van der Waals surface area contributed by atoms with Gasteiger partial charge in [0.25, 0.3) is 0 Å². The van der Waals surface area contributed by atoms with Gasteiger partial charge < -0.3 is 0 Å². The number of pyridine rings is 2. The molecule has 0 aliphatic rings. The van der Waals surface area contributed by atoms with Crippen molar-refractivity contribution in [3.63, 3.8) is 0 Å². The molecule has 240 valence electrons. The minimum absolute atomic E-state index is 1.09. The molecule has 2 heterocycles. The lowest BCUT2D eigenvalue weighted by Gasteiger charge is -2.07. The van der Waals surface area contributed by atoms with Crippen molar-refractivity contribution in [1.82, 2.24) is 9.97 Å². The van der Waals surface area contributed by atoms with Gasteiger partial charge in [-0.15, -0.1) is 0 Å². The average molecular weight is 627 g/mol. The van der Waals surface area contributed by atoms with E-state index in [0.717, 1.165) is 11.4 Å². The van der Waals surface area contributed by atoms with Crippen LogP contribution in [-0.2, 0) is 0 Å². The molecule has 6 aromatic carbocycles. The van der Waals surface area contributed by atoms with E-state index in [4.69, 9.17) is 0 Å². The topological polar surface area (TPSA) is 25.8 Å². The summed E-state index contributed by atoms with van der Waals surface area (Å²) in [5.41, 5.74) is 9.94. The lowest BCUT2D eigenvalue weighted by Crippen LogP contribution is -1.83. The molecule has 0 fully saturated rings. The van der Waals surface area contributed by atoms with E-state index in [-0.39, 0.29) is 0 Å². The van der Waals surface area contributed by atoms with E-state index in [2.05, 4.69) is 141 Å².